The van der Waals surface area contributed by atoms with Gasteiger partial charge in [-0.15, -0.1) is 0 Å². The van der Waals surface area contributed by atoms with E-state index in [1.165, 1.54) is 22.7 Å². The number of hydrogen-bond acceptors (Lipinski definition) is 4. The highest BCUT2D eigenvalue weighted by molar-refractivity contribution is 7.86. The SMILES string of the molecule is CN(C)S(=O)(=O)N1CCCC(C(=O)NCc2ccncc2)C1. The lowest BCUT2D eigenvalue weighted by Crippen LogP contribution is -2.48. The van der Waals surface area contributed by atoms with Gasteiger partial charge in [-0.1, -0.05) is 0 Å². The summed E-state index contributed by atoms with van der Waals surface area (Å²) in [7, 11) is -0.450. The van der Waals surface area contributed by atoms with Crippen molar-refractivity contribution in [1.29, 1.82) is 0 Å². The van der Waals surface area contributed by atoms with Crippen LogP contribution in [0.3, 0.4) is 0 Å². The molecule has 1 atom stereocenters. The number of rotatable bonds is 5. The molecule has 1 aliphatic heterocycles. The second-order valence-corrected chi connectivity index (χ2v) is 7.70. The van der Waals surface area contributed by atoms with Crippen LogP contribution in [0.5, 0.6) is 0 Å². The first kappa shape index (κ1) is 16.9. The van der Waals surface area contributed by atoms with E-state index in [1.807, 2.05) is 12.1 Å². The number of nitrogens with zero attached hydrogens (tertiary/aromatic N) is 3. The summed E-state index contributed by atoms with van der Waals surface area (Å²) in [5, 5.41) is 2.87. The Morgan fingerprint density at radius 1 is 1.41 bits per heavy atom. The van der Waals surface area contributed by atoms with Gasteiger partial charge < -0.3 is 5.32 Å². The van der Waals surface area contributed by atoms with E-state index in [0.717, 1.165) is 5.56 Å². The Balaban J connectivity index is 1.93. The molecule has 1 unspecified atom stereocenters. The molecule has 1 N–H and O–H groups in total. The maximum Gasteiger partial charge on any atom is 0.281 e. The molecule has 0 spiro atoms. The molecule has 22 heavy (non-hydrogen) atoms. The smallest absolute Gasteiger partial charge is 0.281 e. The van der Waals surface area contributed by atoms with Gasteiger partial charge in [0, 0.05) is 46.1 Å². The predicted octanol–water partition coefficient (Wildman–Crippen LogP) is 0.216. The summed E-state index contributed by atoms with van der Waals surface area (Å²) in [6.45, 7) is 1.13. The van der Waals surface area contributed by atoms with Gasteiger partial charge in [-0.2, -0.15) is 17.0 Å². The van der Waals surface area contributed by atoms with Crippen molar-refractivity contribution in [2.45, 2.75) is 19.4 Å². The second-order valence-electron chi connectivity index (χ2n) is 5.56. The molecule has 1 saturated heterocycles. The Hall–Kier alpha value is -1.51. The van der Waals surface area contributed by atoms with Gasteiger partial charge in [-0.25, -0.2) is 0 Å². The van der Waals surface area contributed by atoms with Crippen LogP contribution in [-0.4, -0.2) is 55.1 Å². The topological polar surface area (TPSA) is 82.6 Å². The van der Waals surface area contributed by atoms with Crippen LogP contribution in [0.15, 0.2) is 24.5 Å². The molecule has 122 valence electrons. The molecule has 7 nitrogen and oxygen atoms in total. The van der Waals surface area contributed by atoms with Crippen LogP contribution < -0.4 is 5.32 Å². The van der Waals surface area contributed by atoms with Gasteiger partial charge in [0.1, 0.15) is 0 Å². The van der Waals surface area contributed by atoms with Crippen LogP contribution in [0.4, 0.5) is 0 Å². The third-order valence-electron chi connectivity index (χ3n) is 3.76. The molecule has 1 fully saturated rings. The highest BCUT2D eigenvalue weighted by Gasteiger charge is 2.33. The molecule has 0 radical (unpaired) electrons. The van der Waals surface area contributed by atoms with Gasteiger partial charge in [0.05, 0.1) is 5.92 Å². The third kappa shape index (κ3) is 4.02. The van der Waals surface area contributed by atoms with E-state index >= 15 is 0 Å². The first-order chi connectivity index (χ1) is 10.4. The minimum Gasteiger partial charge on any atom is -0.352 e. The molecule has 0 saturated carbocycles. The summed E-state index contributed by atoms with van der Waals surface area (Å²) >= 11 is 0. The van der Waals surface area contributed by atoms with Crippen molar-refractivity contribution in [3.8, 4) is 0 Å². The lowest BCUT2D eigenvalue weighted by molar-refractivity contribution is -0.126. The molecule has 0 aromatic carbocycles. The zero-order valence-corrected chi connectivity index (χ0v) is 13.7. The van der Waals surface area contributed by atoms with E-state index < -0.39 is 10.2 Å². The first-order valence-corrected chi connectivity index (χ1v) is 8.65. The van der Waals surface area contributed by atoms with Crippen molar-refractivity contribution < 1.29 is 13.2 Å². The highest BCUT2D eigenvalue weighted by Crippen LogP contribution is 2.20. The molecule has 1 aromatic heterocycles. The maximum atomic E-state index is 12.3. The summed E-state index contributed by atoms with van der Waals surface area (Å²) < 4.78 is 26.9. The molecule has 2 rings (SSSR count). The Bertz CT molecular complexity index is 604. The number of amides is 1. The lowest BCUT2D eigenvalue weighted by atomic mass is 9.99. The van der Waals surface area contributed by atoms with Crippen molar-refractivity contribution in [2.24, 2.45) is 5.92 Å². The fraction of sp³-hybridized carbons (Fsp3) is 0.571. The number of hydrogen-bond donors (Lipinski definition) is 1. The van der Waals surface area contributed by atoms with Crippen LogP contribution in [0.25, 0.3) is 0 Å². The maximum absolute atomic E-state index is 12.3. The monoisotopic (exact) mass is 326 g/mol. The van der Waals surface area contributed by atoms with Crippen LogP contribution in [0.1, 0.15) is 18.4 Å². The van der Waals surface area contributed by atoms with Gasteiger partial charge in [0.25, 0.3) is 10.2 Å². The number of pyridine rings is 1. The standard InChI is InChI=1S/C14H22N4O3S/c1-17(2)22(20,21)18-9-3-4-13(11-18)14(19)16-10-12-5-7-15-8-6-12/h5-8,13H,3-4,9-11H2,1-2H3,(H,16,19). The van der Waals surface area contributed by atoms with Gasteiger partial charge in [0.15, 0.2) is 0 Å². The van der Waals surface area contributed by atoms with Gasteiger partial charge in [-0.05, 0) is 30.5 Å². The number of nitrogens with one attached hydrogen (secondary N) is 1. The van der Waals surface area contributed by atoms with E-state index in [0.29, 0.717) is 25.9 Å². The molecule has 0 bridgehead atoms. The number of piperidine rings is 1. The molecule has 0 aliphatic carbocycles. The average molecular weight is 326 g/mol. The summed E-state index contributed by atoms with van der Waals surface area (Å²) in [4.78, 5) is 16.2. The summed E-state index contributed by atoms with van der Waals surface area (Å²) in [5.41, 5.74) is 0.969. The zero-order valence-electron chi connectivity index (χ0n) is 12.9. The van der Waals surface area contributed by atoms with Crippen molar-refractivity contribution in [3.05, 3.63) is 30.1 Å². The number of carbonyl (C=O) groups excluding carboxylic acids is 1. The van der Waals surface area contributed by atoms with Gasteiger partial charge >= 0.3 is 0 Å². The largest absolute Gasteiger partial charge is 0.352 e. The fourth-order valence-corrected chi connectivity index (χ4v) is 3.62. The average Bonchev–Trinajstić information content (AvgIpc) is 2.53. The van der Waals surface area contributed by atoms with Gasteiger partial charge in [-0.3, -0.25) is 9.78 Å². The van der Waals surface area contributed by atoms with E-state index in [-0.39, 0.29) is 18.4 Å². The zero-order chi connectivity index (χ0) is 16.2. The summed E-state index contributed by atoms with van der Waals surface area (Å²) in [5.74, 6) is -0.402. The lowest BCUT2D eigenvalue weighted by Gasteiger charge is -2.32. The van der Waals surface area contributed by atoms with E-state index in [2.05, 4.69) is 10.3 Å². The van der Waals surface area contributed by atoms with Crippen LogP contribution in [0, 0.1) is 5.92 Å². The Morgan fingerprint density at radius 2 is 2.09 bits per heavy atom. The Morgan fingerprint density at radius 3 is 2.73 bits per heavy atom. The molecule has 1 amide bonds. The molecular weight excluding hydrogens is 304 g/mol. The van der Waals surface area contributed by atoms with Crippen molar-refractivity contribution in [3.63, 3.8) is 0 Å². The van der Waals surface area contributed by atoms with E-state index in [1.54, 1.807) is 12.4 Å². The third-order valence-corrected chi connectivity index (χ3v) is 5.67. The number of aromatic nitrogens is 1. The van der Waals surface area contributed by atoms with E-state index in [9.17, 15) is 13.2 Å². The van der Waals surface area contributed by atoms with Crippen molar-refractivity contribution in [1.82, 2.24) is 18.9 Å². The number of carbonyl (C=O) groups is 1. The molecule has 1 aromatic rings. The molecule has 8 heteroatoms. The van der Waals surface area contributed by atoms with Crippen molar-refractivity contribution >= 4 is 16.1 Å². The van der Waals surface area contributed by atoms with E-state index in [4.69, 9.17) is 0 Å². The summed E-state index contributed by atoms with van der Waals surface area (Å²) in [6, 6.07) is 3.67. The fourth-order valence-electron chi connectivity index (χ4n) is 2.43. The normalized spacial score (nSPS) is 20.0. The van der Waals surface area contributed by atoms with Crippen LogP contribution in [0.2, 0.25) is 0 Å². The summed E-state index contributed by atoms with van der Waals surface area (Å²) in [6.07, 6.45) is 4.75. The van der Waals surface area contributed by atoms with Crippen molar-refractivity contribution in [2.75, 3.05) is 27.2 Å². The minimum atomic E-state index is -3.46. The van der Waals surface area contributed by atoms with Crippen LogP contribution in [-0.2, 0) is 21.5 Å². The molecular formula is C14H22N4O3S. The molecule has 2 heterocycles. The van der Waals surface area contributed by atoms with Crippen LogP contribution >= 0.6 is 0 Å². The Kier molecular flexibility index (Phi) is 5.49. The predicted molar refractivity (Wildman–Crippen MR) is 83.0 cm³/mol. The quantitative estimate of drug-likeness (QED) is 0.839. The second kappa shape index (κ2) is 7.17. The first-order valence-electron chi connectivity index (χ1n) is 7.25. The van der Waals surface area contributed by atoms with Gasteiger partial charge in [0.2, 0.25) is 5.91 Å². The minimum absolute atomic E-state index is 0.101. The Labute approximate surface area is 131 Å². The highest BCUT2D eigenvalue weighted by atomic mass is 32.2. The molecule has 1 aliphatic rings.